The van der Waals surface area contributed by atoms with E-state index in [1.165, 1.54) is 0 Å². The summed E-state index contributed by atoms with van der Waals surface area (Å²) in [5, 5.41) is 5.37. The number of nitrogens with zero attached hydrogens (tertiary/aromatic N) is 4. The molecular weight excluding hydrogens is 530 g/mol. The predicted molar refractivity (Wildman–Crippen MR) is 172 cm³/mol. The molecule has 204 valence electrons. The van der Waals surface area contributed by atoms with Crippen LogP contribution in [0.5, 0.6) is 0 Å². The second-order valence-corrected chi connectivity index (χ2v) is 10.4. The maximum Gasteiger partial charge on any atom is 0.230 e. The van der Waals surface area contributed by atoms with Gasteiger partial charge in [-0.25, -0.2) is 20.0 Å². The predicted octanol–water partition coefficient (Wildman–Crippen LogP) is 8.21. The van der Waals surface area contributed by atoms with Gasteiger partial charge in [0, 0.05) is 23.5 Å². The second kappa shape index (κ2) is 10.5. The fourth-order valence-corrected chi connectivity index (χ4v) is 5.60. The van der Waals surface area contributed by atoms with Gasteiger partial charge >= 0.3 is 0 Å². The van der Waals surface area contributed by atoms with Crippen LogP contribution < -0.4 is 5.32 Å². The van der Waals surface area contributed by atoms with E-state index in [0.717, 1.165) is 55.6 Å². The lowest BCUT2D eigenvalue weighted by Crippen LogP contribution is -2.33. The van der Waals surface area contributed by atoms with Crippen molar-refractivity contribution in [1.29, 1.82) is 0 Å². The SMILES string of the molecule is c1ccc(-c2cccc(C3=NC(c4ccnc5oc6ncccc6c45)=NC(c4cccc(-c5ccccc5)c4)N3)c2)cc1. The summed E-state index contributed by atoms with van der Waals surface area (Å²) >= 11 is 0. The molecule has 3 aromatic heterocycles. The highest BCUT2D eigenvalue weighted by Crippen LogP contribution is 2.32. The van der Waals surface area contributed by atoms with Gasteiger partial charge in [0.05, 0.1) is 10.8 Å². The van der Waals surface area contributed by atoms with E-state index in [1.54, 1.807) is 12.4 Å². The number of amidine groups is 2. The molecule has 0 radical (unpaired) electrons. The normalized spacial score (nSPS) is 14.7. The number of rotatable bonds is 5. The Kier molecular flexibility index (Phi) is 6.08. The Hall–Kier alpha value is -5.88. The maximum absolute atomic E-state index is 5.99. The Labute approximate surface area is 248 Å². The van der Waals surface area contributed by atoms with E-state index < -0.39 is 0 Å². The molecule has 0 saturated carbocycles. The number of hydrogen-bond donors (Lipinski definition) is 1. The van der Waals surface area contributed by atoms with Gasteiger partial charge < -0.3 is 9.73 Å². The number of aliphatic imine (C=N–C) groups is 2. The van der Waals surface area contributed by atoms with E-state index in [0.29, 0.717) is 17.3 Å². The summed E-state index contributed by atoms with van der Waals surface area (Å²) in [6.45, 7) is 0. The highest BCUT2D eigenvalue weighted by molar-refractivity contribution is 6.21. The average molecular weight is 556 g/mol. The Morgan fingerprint density at radius 2 is 1.23 bits per heavy atom. The summed E-state index contributed by atoms with van der Waals surface area (Å²) in [5.41, 5.74) is 8.46. The maximum atomic E-state index is 5.99. The van der Waals surface area contributed by atoms with Gasteiger partial charge in [0.25, 0.3) is 0 Å². The third-order valence-electron chi connectivity index (χ3n) is 7.69. The monoisotopic (exact) mass is 555 g/mol. The number of aromatic nitrogens is 2. The van der Waals surface area contributed by atoms with Crippen LogP contribution in [-0.4, -0.2) is 21.6 Å². The van der Waals surface area contributed by atoms with Crippen LogP contribution in [0.25, 0.3) is 44.5 Å². The minimum atomic E-state index is -0.369. The van der Waals surface area contributed by atoms with Gasteiger partial charge in [-0.1, -0.05) is 97.1 Å². The van der Waals surface area contributed by atoms with E-state index in [1.807, 2.05) is 30.3 Å². The van der Waals surface area contributed by atoms with Crippen molar-refractivity contribution in [2.45, 2.75) is 6.17 Å². The number of benzene rings is 4. The molecule has 43 heavy (non-hydrogen) atoms. The molecule has 0 amide bonds. The van der Waals surface area contributed by atoms with Crippen molar-refractivity contribution in [3.05, 3.63) is 156 Å². The standard InChI is InChI=1S/C37H25N5O/c1-3-10-24(11-4-1)26-14-7-16-28(22-26)33-40-34(29-17-8-15-27(23-29)25-12-5-2-6-13-25)42-35(41-33)30-19-21-39-37-32(30)31-18-9-20-38-36(31)43-37/h1-23,33H,(H,40,41,42). The first kappa shape index (κ1) is 24.9. The lowest BCUT2D eigenvalue weighted by atomic mass is 10.0. The highest BCUT2D eigenvalue weighted by Gasteiger charge is 2.24. The van der Waals surface area contributed by atoms with Gasteiger partial charge in [0.15, 0.2) is 5.84 Å². The molecule has 4 aromatic carbocycles. The third-order valence-corrected chi connectivity index (χ3v) is 7.69. The van der Waals surface area contributed by atoms with Crippen molar-refractivity contribution >= 4 is 33.9 Å². The fourth-order valence-electron chi connectivity index (χ4n) is 5.60. The van der Waals surface area contributed by atoms with E-state index in [-0.39, 0.29) is 6.17 Å². The molecule has 0 saturated heterocycles. The molecule has 7 aromatic rings. The van der Waals surface area contributed by atoms with E-state index in [2.05, 4.69) is 112 Å². The zero-order valence-electron chi connectivity index (χ0n) is 23.1. The van der Waals surface area contributed by atoms with Crippen LogP contribution in [0.3, 0.4) is 0 Å². The number of fused-ring (bicyclic) bond motifs is 3. The van der Waals surface area contributed by atoms with Crippen LogP contribution in [0.1, 0.15) is 22.9 Å². The van der Waals surface area contributed by atoms with Crippen molar-refractivity contribution in [3.8, 4) is 22.3 Å². The first-order valence-electron chi connectivity index (χ1n) is 14.2. The number of furan rings is 1. The zero-order chi connectivity index (χ0) is 28.6. The summed E-state index contributed by atoms with van der Waals surface area (Å²) in [6.07, 6.45) is 3.09. The summed E-state index contributed by atoms with van der Waals surface area (Å²) in [4.78, 5) is 19.2. The minimum Gasteiger partial charge on any atom is -0.419 e. The van der Waals surface area contributed by atoms with Crippen molar-refractivity contribution in [2.75, 3.05) is 0 Å². The second-order valence-electron chi connectivity index (χ2n) is 10.4. The number of hydrogen-bond acceptors (Lipinski definition) is 6. The molecule has 0 bridgehead atoms. The molecule has 1 aliphatic rings. The van der Waals surface area contributed by atoms with Crippen LogP contribution >= 0.6 is 0 Å². The molecule has 0 fully saturated rings. The number of pyridine rings is 2. The van der Waals surface area contributed by atoms with Gasteiger partial charge in [-0.15, -0.1) is 0 Å². The molecule has 6 nitrogen and oxygen atoms in total. The van der Waals surface area contributed by atoms with Gasteiger partial charge in [-0.2, -0.15) is 0 Å². The lowest BCUT2D eigenvalue weighted by Gasteiger charge is -2.24. The smallest absolute Gasteiger partial charge is 0.230 e. The molecular formula is C37H25N5O. The molecule has 4 heterocycles. The minimum absolute atomic E-state index is 0.369. The quantitative estimate of drug-likeness (QED) is 0.232. The van der Waals surface area contributed by atoms with Crippen LogP contribution in [0.15, 0.2) is 154 Å². The zero-order valence-corrected chi connectivity index (χ0v) is 23.1. The van der Waals surface area contributed by atoms with E-state index >= 15 is 0 Å². The van der Waals surface area contributed by atoms with Crippen LogP contribution in [-0.2, 0) is 0 Å². The van der Waals surface area contributed by atoms with Gasteiger partial charge in [0.1, 0.15) is 12.0 Å². The van der Waals surface area contributed by atoms with E-state index in [4.69, 9.17) is 14.4 Å². The molecule has 1 atom stereocenters. The van der Waals surface area contributed by atoms with Crippen LogP contribution in [0.4, 0.5) is 0 Å². The molecule has 1 aliphatic heterocycles. The Morgan fingerprint density at radius 1 is 0.558 bits per heavy atom. The average Bonchev–Trinajstić information content (AvgIpc) is 3.48. The Balaban J connectivity index is 1.29. The summed E-state index contributed by atoms with van der Waals surface area (Å²) in [6, 6.07) is 43.5. The molecule has 6 heteroatoms. The van der Waals surface area contributed by atoms with Gasteiger partial charge in [-0.05, 0) is 58.1 Å². The summed E-state index contributed by atoms with van der Waals surface area (Å²) in [7, 11) is 0. The van der Waals surface area contributed by atoms with Crippen LogP contribution in [0.2, 0.25) is 0 Å². The van der Waals surface area contributed by atoms with Crippen LogP contribution in [0, 0.1) is 0 Å². The van der Waals surface area contributed by atoms with E-state index in [9.17, 15) is 0 Å². The highest BCUT2D eigenvalue weighted by atomic mass is 16.3. The van der Waals surface area contributed by atoms with Crippen molar-refractivity contribution in [1.82, 2.24) is 15.3 Å². The van der Waals surface area contributed by atoms with Gasteiger partial charge in [0.2, 0.25) is 11.4 Å². The van der Waals surface area contributed by atoms with Gasteiger partial charge in [-0.3, -0.25) is 0 Å². The summed E-state index contributed by atoms with van der Waals surface area (Å²) in [5.74, 6) is 1.35. The largest absolute Gasteiger partial charge is 0.419 e. The first-order chi connectivity index (χ1) is 21.3. The fraction of sp³-hybridized carbons (Fsp3) is 0.0270. The van der Waals surface area contributed by atoms with Crippen molar-refractivity contribution in [2.24, 2.45) is 9.98 Å². The third kappa shape index (κ3) is 4.65. The first-order valence-corrected chi connectivity index (χ1v) is 14.2. The Morgan fingerprint density at radius 3 is 2.02 bits per heavy atom. The topological polar surface area (TPSA) is 75.7 Å². The molecule has 8 rings (SSSR count). The lowest BCUT2D eigenvalue weighted by molar-refractivity contribution is 0.640. The molecule has 1 unspecified atom stereocenters. The number of nitrogens with one attached hydrogen (secondary N) is 1. The Bertz CT molecular complexity index is 2170. The molecule has 0 aliphatic carbocycles. The molecule has 1 N–H and O–H groups in total. The van der Waals surface area contributed by atoms with Crippen molar-refractivity contribution < 1.29 is 4.42 Å². The molecule has 0 spiro atoms. The van der Waals surface area contributed by atoms with Crippen molar-refractivity contribution in [3.63, 3.8) is 0 Å². The summed E-state index contributed by atoms with van der Waals surface area (Å²) < 4.78 is 5.99.